The highest BCUT2D eigenvalue weighted by molar-refractivity contribution is 8.00. The first-order valence-corrected chi connectivity index (χ1v) is 8.56. The summed E-state index contributed by atoms with van der Waals surface area (Å²) in [5.74, 6) is -0.191. The van der Waals surface area contributed by atoms with Crippen LogP contribution in [-0.2, 0) is 4.79 Å². The Kier molecular flexibility index (Phi) is 6.61. The summed E-state index contributed by atoms with van der Waals surface area (Å²) < 4.78 is 10.3. The van der Waals surface area contributed by atoms with Gasteiger partial charge in [0.25, 0.3) is 5.69 Å². The lowest BCUT2D eigenvalue weighted by molar-refractivity contribution is -0.387. The van der Waals surface area contributed by atoms with Crippen molar-refractivity contribution in [2.45, 2.75) is 4.90 Å². The van der Waals surface area contributed by atoms with Gasteiger partial charge in [-0.05, 0) is 12.1 Å². The first-order valence-electron chi connectivity index (χ1n) is 7.58. The molecule has 0 aliphatic heterocycles. The van der Waals surface area contributed by atoms with Crippen molar-refractivity contribution in [3.63, 3.8) is 0 Å². The van der Waals surface area contributed by atoms with E-state index in [1.54, 1.807) is 18.2 Å². The van der Waals surface area contributed by atoms with E-state index in [4.69, 9.17) is 15.2 Å². The number of hydrogen-bond donors (Lipinski definition) is 2. The van der Waals surface area contributed by atoms with Gasteiger partial charge in [0.2, 0.25) is 11.8 Å². The number of thioether (sulfide) groups is 1. The van der Waals surface area contributed by atoms with E-state index >= 15 is 0 Å². The van der Waals surface area contributed by atoms with Crippen molar-refractivity contribution < 1.29 is 24.0 Å². The zero-order valence-electron chi connectivity index (χ0n) is 14.6. The van der Waals surface area contributed by atoms with Gasteiger partial charge in [-0.2, -0.15) is 0 Å². The van der Waals surface area contributed by atoms with Crippen LogP contribution in [0.1, 0.15) is 10.4 Å². The van der Waals surface area contributed by atoms with E-state index < -0.39 is 10.8 Å². The van der Waals surface area contributed by atoms with Gasteiger partial charge in [-0.1, -0.05) is 0 Å². The maximum Gasteiger partial charge on any atom is 0.283 e. The van der Waals surface area contributed by atoms with Crippen LogP contribution < -0.4 is 20.5 Å². The van der Waals surface area contributed by atoms with Gasteiger partial charge < -0.3 is 20.5 Å². The monoisotopic (exact) mass is 391 g/mol. The Morgan fingerprint density at radius 1 is 1.15 bits per heavy atom. The molecule has 0 unspecified atom stereocenters. The molecule has 0 radical (unpaired) electrons. The number of nitro groups is 1. The number of ether oxygens (including phenoxy) is 2. The molecule has 142 valence electrons. The molecule has 2 amide bonds. The van der Waals surface area contributed by atoms with Gasteiger partial charge in [-0.3, -0.25) is 19.7 Å². The van der Waals surface area contributed by atoms with Crippen molar-refractivity contribution >= 4 is 35.0 Å². The predicted octanol–water partition coefficient (Wildman–Crippen LogP) is 2.44. The largest absolute Gasteiger partial charge is 0.497 e. The molecule has 0 aliphatic carbocycles. The molecule has 2 aromatic rings. The number of rotatable bonds is 8. The number of methoxy groups -OCH3 is 2. The van der Waals surface area contributed by atoms with Crippen molar-refractivity contribution in [1.82, 2.24) is 0 Å². The summed E-state index contributed by atoms with van der Waals surface area (Å²) >= 11 is 0.975. The number of nitrogens with one attached hydrogen (secondary N) is 1. The Morgan fingerprint density at radius 3 is 2.30 bits per heavy atom. The molecule has 0 spiro atoms. The molecule has 0 aliphatic rings. The Bertz CT molecular complexity index is 865. The lowest BCUT2D eigenvalue weighted by Crippen LogP contribution is -2.14. The Morgan fingerprint density at radius 2 is 1.78 bits per heavy atom. The second-order valence-electron chi connectivity index (χ2n) is 5.24. The van der Waals surface area contributed by atoms with Crippen LogP contribution in [0.15, 0.2) is 41.3 Å². The first-order chi connectivity index (χ1) is 12.8. The quantitative estimate of drug-likeness (QED) is 0.401. The van der Waals surface area contributed by atoms with E-state index in [0.717, 1.165) is 17.8 Å². The molecular formula is C17H17N3O6S. The van der Waals surface area contributed by atoms with E-state index in [2.05, 4.69) is 5.32 Å². The minimum atomic E-state index is -0.764. The maximum atomic E-state index is 12.2. The summed E-state index contributed by atoms with van der Waals surface area (Å²) in [6, 6.07) is 8.77. The number of nitrogens with two attached hydrogens (primary N) is 1. The van der Waals surface area contributed by atoms with E-state index in [0.29, 0.717) is 17.2 Å². The van der Waals surface area contributed by atoms with Crippen molar-refractivity contribution in [1.29, 1.82) is 0 Å². The third-order valence-corrected chi connectivity index (χ3v) is 4.50. The van der Waals surface area contributed by atoms with Gasteiger partial charge in [-0.25, -0.2) is 0 Å². The lowest BCUT2D eigenvalue weighted by atomic mass is 10.2. The van der Waals surface area contributed by atoms with Crippen LogP contribution in [0.3, 0.4) is 0 Å². The van der Waals surface area contributed by atoms with Gasteiger partial charge in [0.15, 0.2) is 0 Å². The first kappa shape index (κ1) is 20.0. The third kappa shape index (κ3) is 5.35. The summed E-state index contributed by atoms with van der Waals surface area (Å²) in [5.41, 5.74) is 5.35. The van der Waals surface area contributed by atoms with Crippen molar-refractivity contribution in [3.8, 4) is 11.5 Å². The number of carbonyl (C=O) groups is 2. The molecule has 0 saturated carbocycles. The highest BCUT2D eigenvalue weighted by Crippen LogP contribution is 2.31. The van der Waals surface area contributed by atoms with Gasteiger partial charge in [-0.15, -0.1) is 11.8 Å². The summed E-state index contributed by atoms with van der Waals surface area (Å²) in [7, 11) is 2.98. The molecule has 9 nitrogen and oxygen atoms in total. The van der Waals surface area contributed by atoms with Crippen LogP contribution >= 0.6 is 11.8 Å². The molecule has 2 rings (SSSR count). The van der Waals surface area contributed by atoms with Crippen LogP contribution in [-0.4, -0.2) is 36.7 Å². The minimum Gasteiger partial charge on any atom is -0.497 e. The molecule has 0 aromatic heterocycles. The van der Waals surface area contributed by atoms with Crippen molar-refractivity contribution in [3.05, 3.63) is 52.1 Å². The second kappa shape index (κ2) is 8.90. The number of primary amides is 1. The zero-order chi connectivity index (χ0) is 20.0. The average Bonchev–Trinajstić information content (AvgIpc) is 2.65. The van der Waals surface area contributed by atoms with E-state index in [1.807, 2.05) is 0 Å². The SMILES string of the molecule is COc1cc(NC(=O)CSc2ccc(C(N)=O)cc2[N+](=O)[O-])cc(OC)c1. The molecule has 27 heavy (non-hydrogen) atoms. The number of anilines is 1. The van der Waals surface area contributed by atoms with Gasteiger partial charge >= 0.3 is 0 Å². The van der Waals surface area contributed by atoms with Gasteiger partial charge in [0.1, 0.15) is 11.5 Å². The highest BCUT2D eigenvalue weighted by Gasteiger charge is 2.18. The van der Waals surface area contributed by atoms with Gasteiger partial charge in [0, 0.05) is 35.5 Å². The number of amides is 2. The highest BCUT2D eigenvalue weighted by atomic mass is 32.2. The molecule has 0 fully saturated rings. The predicted molar refractivity (Wildman–Crippen MR) is 101 cm³/mol. The van der Waals surface area contributed by atoms with Crippen LogP contribution in [0.5, 0.6) is 11.5 Å². The molecule has 0 atom stereocenters. The third-order valence-electron chi connectivity index (χ3n) is 3.43. The van der Waals surface area contributed by atoms with E-state index in [9.17, 15) is 19.7 Å². The Balaban J connectivity index is 2.10. The smallest absolute Gasteiger partial charge is 0.283 e. The van der Waals surface area contributed by atoms with E-state index in [1.165, 1.54) is 26.4 Å². The number of carbonyl (C=O) groups excluding carboxylic acids is 2. The maximum absolute atomic E-state index is 12.2. The summed E-state index contributed by atoms with van der Waals surface area (Å²) in [5, 5.41) is 13.9. The molecule has 0 heterocycles. The van der Waals surface area contributed by atoms with Gasteiger partial charge in [0.05, 0.1) is 29.8 Å². The standard InChI is InChI=1S/C17H17N3O6S/c1-25-12-6-11(7-13(8-12)26-2)19-16(21)9-27-15-4-3-10(17(18)22)5-14(15)20(23)24/h3-8H,9H2,1-2H3,(H2,18,22)(H,19,21). The number of nitro benzene ring substituents is 1. The Labute approximate surface area is 159 Å². The number of nitrogens with zero attached hydrogens (tertiary/aromatic N) is 1. The second-order valence-corrected chi connectivity index (χ2v) is 6.26. The fraction of sp³-hybridized carbons (Fsp3) is 0.176. The zero-order valence-corrected chi connectivity index (χ0v) is 15.4. The molecule has 2 aromatic carbocycles. The van der Waals surface area contributed by atoms with Crippen molar-refractivity contribution in [2.75, 3.05) is 25.3 Å². The number of hydrogen-bond acceptors (Lipinski definition) is 7. The number of benzene rings is 2. The lowest BCUT2D eigenvalue weighted by Gasteiger charge is -2.10. The molecule has 0 saturated heterocycles. The van der Waals surface area contributed by atoms with Crippen LogP contribution in [0, 0.1) is 10.1 Å². The topological polar surface area (TPSA) is 134 Å². The fourth-order valence-electron chi connectivity index (χ4n) is 2.16. The molecule has 3 N–H and O–H groups in total. The summed E-state index contributed by atoms with van der Waals surface area (Å²) in [6.45, 7) is 0. The fourth-order valence-corrected chi connectivity index (χ4v) is 2.96. The summed E-state index contributed by atoms with van der Waals surface area (Å²) in [4.78, 5) is 34.2. The summed E-state index contributed by atoms with van der Waals surface area (Å²) in [6.07, 6.45) is 0. The van der Waals surface area contributed by atoms with Crippen LogP contribution in [0.4, 0.5) is 11.4 Å². The van der Waals surface area contributed by atoms with Crippen molar-refractivity contribution in [2.24, 2.45) is 5.73 Å². The molecular weight excluding hydrogens is 374 g/mol. The molecule has 0 bridgehead atoms. The average molecular weight is 391 g/mol. The van der Waals surface area contributed by atoms with Crippen LogP contribution in [0.25, 0.3) is 0 Å². The minimum absolute atomic E-state index is 0.0268. The van der Waals surface area contributed by atoms with E-state index in [-0.39, 0.29) is 27.8 Å². The normalized spacial score (nSPS) is 10.1. The van der Waals surface area contributed by atoms with Crippen LogP contribution in [0.2, 0.25) is 0 Å². The molecule has 10 heteroatoms. The Hall–Kier alpha value is -3.27.